The Balaban J connectivity index is 1.36. The van der Waals surface area contributed by atoms with Crippen LogP contribution in [-0.4, -0.2) is 17.0 Å². The van der Waals surface area contributed by atoms with Gasteiger partial charge in [0, 0.05) is 24.2 Å². The van der Waals surface area contributed by atoms with Gasteiger partial charge in [0.2, 0.25) is 0 Å². The first-order valence-corrected chi connectivity index (χ1v) is 11.7. The van der Waals surface area contributed by atoms with E-state index in [1.165, 1.54) is 30.4 Å². The van der Waals surface area contributed by atoms with Crippen molar-refractivity contribution in [3.63, 3.8) is 0 Å². The zero-order chi connectivity index (χ0) is 21.2. The highest BCUT2D eigenvalue weighted by Gasteiger charge is 2.67. The highest BCUT2D eigenvalue weighted by Crippen LogP contribution is 2.65. The third-order valence-corrected chi connectivity index (χ3v) is 8.65. The maximum atomic E-state index is 6.39. The van der Waals surface area contributed by atoms with Crippen molar-refractivity contribution >= 4 is 22.8 Å². The van der Waals surface area contributed by atoms with Gasteiger partial charge in [-0.25, -0.2) is 4.99 Å². The lowest BCUT2D eigenvalue weighted by Gasteiger charge is -2.44. The fraction of sp³-hybridized carbons (Fsp3) is 0.481. The van der Waals surface area contributed by atoms with Gasteiger partial charge in [0.15, 0.2) is 5.60 Å². The second-order valence-electron chi connectivity index (χ2n) is 10.5. The highest BCUT2D eigenvalue weighted by atomic mass is 16.7. The van der Waals surface area contributed by atoms with Crippen LogP contribution < -0.4 is 5.32 Å². The van der Waals surface area contributed by atoms with Crippen molar-refractivity contribution in [2.24, 2.45) is 27.4 Å². The van der Waals surface area contributed by atoms with Gasteiger partial charge in [-0.2, -0.15) is 0 Å². The van der Waals surface area contributed by atoms with Crippen LogP contribution >= 0.6 is 0 Å². The number of fused-ring (bicyclic) bond motifs is 4. The molecule has 2 aromatic carbocycles. The molecule has 0 aromatic heterocycles. The summed E-state index contributed by atoms with van der Waals surface area (Å²) in [6, 6.07) is 17.3. The van der Waals surface area contributed by atoms with E-state index in [9.17, 15) is 0 Å². The number of rotatable bonds is 2. The molecule has 4 atom stereocenters. The van der Waals surface area contributed by atoms with E-state index in [0.717, 1.165) is 41.6 Å². The summed E-state index contributed by atoms with van der Waals surface area (Å²) in [7, 11) is 0. The molecule has 2 saturated carbocycles. The van der Waals surface area contributed by atoms with Crippen LogP contribution in [0.2, 0.25) is 0 Å². The van der Waals surface area contributed by atoms with Crippen LogP contribution in [0, 0.1) is 24.2 Å². The lowest BCUT2D eigenvalue weighted by atomic mass is 9.63. The molecular formula is C27H31N3O. The molecule has 4 heteroatoms. The number of nitrogens with zero attached hydrogens (tertiary/aromatic N) is 2. The van der Waals surface area contributed by atoms with Crippen LogP contribution in [0.15, 0.2) is 58.7 Å². The van der Waals surface area contributed by atoms with Crippen molar-refractivity contribution in [2.75, 3.05) is 5.32 Å². The molecule has 2 heterocycles. The second-order valence-corrected chi connectivity index (χ2v) is 10.5. The predicted octanol–water partition coefficient (Wildman–Crippen LogP) is 6.60. The molecule has 2 aliphatic heterocycles. The van der Waals surface area contributed by atoms with Crippen molar-refractivity contribution in [2.45, 2.75) is 64.5 Å². The molecule has 0 amide bonds. The van der Waals surface area contributed by atoms with Gasteiger partial charge in [0.05, 0.1) is 23.1 Å². The van der Waals surface area contributed by atoms with Gasteiger partial charge in [0.25, 0.3) is 0 Å². The average Bonchev–Trinajstić information content (AvgIpc) is 3.43. The Morgan fingerprint density at radius 2 is 1.74 bits per heavy atom. The summed E-state index contributed by atoms with van der Waals surface area (Å²) in [5, 5.41) is 8.47. The number of hydrogen-bond donors (Lipinski definition) is 1. The molecule has 0 saturated heterocycles. The number of nitrogens with one attached hydrogen (secondary N) is 1. The predicted molar refractivity (Wildman–Crippen MR) is 126 cm³/mol. The standard InChI is InChI=1S/C27H31N3O/c1-17-8-10-18(11-9-17)23-15-24(29-22-7-5-4-6-21(22)28-23)25-16-27(31-30-25)20-13-12-19(14-20)26(27,2)3/h4-11,19-20,23,28H,12-16H2,1-3H3. The molecule has 160 valence electrons. The van der Waals surface area contributed by atoms with E-state index in [4.69, 9.17) is 15.0 Å². The van der Waals surface area contributed by atoms with Gasteiger partial charge in [-0.15, -0.1) is 0 Å². The van der Waals surface area contributed by atoms with Crippen LogP contribution in [0.25, 0.3) is 0 Å². The Hall–Kier alpha value is -2.62. The Morgan fingerprint density at radius 1 is 0.968 bits per heavy atom. The van der Waals surface area contributed by atoms with E-state index in [-0.39, 0.29) is 17.1 Å². The van der Waals surface area contributed by atoms with Crippen molar-refractivity contribution in [3.05, 3.63) is 59.7 Å². The summed E-state index contributed by atoms with van der Waals surface area (Å²) in [4.78, 5) is 11.5. The maximum absolute atomic E-state index is 6.39. The van der Waals surface area contributed by atoms with Gasteiger partial charge in [0.1, 0.15) is 5.71 Å². The van der Waals surface area contributed by atoms with Gasteiger partial charge in [-0.1, -0.05) is 61.0 Å². The summed E-state index contributed by atoms with van der Waals surface area (Å²) in [6.07, 6.45) is 5.61. The van der Waals surface area contributed by atoms with E-state index in [1.807, 2.05) is 0 Å². The smallest absolute Gasteiger partial charge is 0.151 e. The van der Waals surface area contributed by atoms with E-state index in [0.29, 0.717) is 5.92 Å². The monoisotopic (exact) mass is 413 g/mol. The SMILES string of the molecule is Cc1ccc(C2CC(C3=NOC4(C3)C3CCC(C3)C4(C)C)=Nc3ccccc3N2)cc1. The van der Waals surface area contributed by atoms with Crippen molar-refractivity contribution < 1.29 is 4.84 Å². The maximum Gasteiger partial charge on any atom is 0.151 e. The van der Waals surface area contributed by atoms with Crippen LogP contribution in [0.1, 0.15) is 63.1 Å². The van der Waals surface area contributed by atoms with Crippen LogP contribution in [0.3, 0.4) is 0 Å². The van der Waals surface area contributed by atoms with E-state index < -0.39 is 0 Å². The number of anilines is 1. The Kier molecular flexibility index (Phi) is 4.12. The first-order chi connectivity index (χ1) is 15.0. The number of hydrogen-bond acceptors (Lipinski definition) is 4. The molecule has 31 heavy (non-hydrogen) atoms. The average molecular weight is 414 g/mol. The fourth-order valence-corrected chi connectivity index (χ4v) is 6.60. The Bertz CT molecular complexity index is 1080. The van der Waals surface area contributed by atoms with Gasteiger partial charge in [-0.3, -0.25) is 0 Å². The quantitative estimate of drug-likeness (QED) is 0.603. The van der Waals surface area contributed by atoms with Crippen LogP contribution in [-0.2, 0) is 4.84 Å². The zero-order valence-electron chi connectivity index (χ0n) is 18.7. The molecule has 2 bridgehead atoms. The second kappa shape index (κ2) is 6.69. The molecule has 4 aliphatic rings. The van der Waals surface area contributed by atoms with Gasteiger partial charge < -0.3 is 10.2 Å². The first kappa shape index (κ1) is 19.1. The zero-order valence-corrected chi connectivity index (χ0v) is 18.7. The molecule has 6 rings (SSSR count). The first-order valence-electron chi connectivity index (χ1n) is 11.7. The third-order valence-electron chi connectivity index (χ3n) is 8.65. The minimum Gasteiger partial charge on any atom is -0.388 e. The summed E-state index contributed by atoms with van der Waals surface area (Å²) in [6.45, 7) is 6.93. The van der Waals surface area contributed by atoms with Crippen molar-refractivity contribution in [3.8, 4) is 0 Å². The van der Waals surface area contributed by atoms with E-state index in [2.05, 4.69) is 74.6 Å². The molecular weight excluding hydrogens is 382 g/mol. The topological polar surface area (TPSA) is 46.0 Å². The van der Waals surface area contributed by atoms with Crippen LogP contribution in [0.4, 0.5) is 11.4 Å². The van der Waals surface area contributed by atoms with Gasteiger partial charge in [-0.05, 0) is 49.8 Å². The Labute approximate surface area is 184 Å². The lowest BCUT2D eigenvalue weighted by Crippen LogP contribution is -2.49. The van der Waals surface area contributed by atoms with E-state index >= 15 is 0 Å². The number of oxime groups is 1. The molecule has 4 unspecified atom stereocenters. The van der Waals surface area contributed by atoms with Crippen molar-refractivity contribution in [1.82, 2.24) is 0 Å². The van der Waals surface area contributed by atoms with Gasteiger partial charge >= 0.3 is 0 Å². The summed E-state index contributed by atoms with van der Waals surface area (Å²) in [5.41, 5.74) is 6.77. The molecule has 2 aliphatic carbocycles. The molecule has 1 N–H and O–H groups in total. The minimum atomic E-state index is -0.146. The molecule has 2 fully saturated rings. The summed E-state index contributed by atoms with van der Waals surface area (Å²) >= 11 is 0. The lowest BCUT2D eigenvalue weighted by molar-refractivity contribution is -0.135. The Morgan fingerprint density at radius 3 is 2.52 bits per heavy atom. The largest absolute Gasteiger partial charge is 0.388 e. The fourth-order valence-electron chi connectivity index (χ4n) is 6.60. The van der Waals surface area contributed by atoms with E-state index in [1.54, 1.807) is 0 Å². The molecule has 1 spiro atoms. The minimum absolute atomic E-state index is 0.146. The summed E-state index contributed by atoms with van der Waals surface area (Å²) in [5.74, 6) is 1.38. The van der Waals surface area contributed by atoms with Crippen LogP contribution in [0.5, 0.6) is 0 Å². The third kappa shape index (κ3) is 2.80. The molecule has 4 nitrogen and oxygen atoms in total. The number of benzene rings is 2. The number of aliphatic imine (C=N–C) groups is 1. The number of para-hydroxylation sites is 2. The molecule has 2 aromatic rings. The normalized spacial score (nSPS) is 32.7. The molecule has 0 radical (unpaired) electrons. The highest BCUT2D eigenvalue weighted by molar-refractivity contribution is 6.43. The van der Waals surface area contributed by atoms with Crippen molar-refractivity contribution in [1.29, 1.82) is 0 Å². The summed E-state index contributed by atoms with van der Waals surface area (Å²) < 4.78 is 0. The number of aryl methyl sites for hydroxylation is 1.